The van der Waals surface area contributed by atoms with Gasteiger partial charge in [-0.2, -0.15) is 37.9 Å². The van der Waals surface area contributed by atoms with Gasteiger partial charge in [0.25, 0.3) is 0 Å². The number of hydrogen-bond donors (Lipinski definition) is 3. The van der Waals surface area contributed by atoms with Crippen LogP contribution in [0.25, 0.3) is 0 Å². The van der Waals surface area contributed by atoms with Gasteiger partial charge in [0, 0.05) is 75.3 Å². The second-order valence-electron chi connectivity index (χ2n) is 7.23. The highest BCUT2D eigenvalue weighted by Gasteiger charge is 2.34. The quantitative estimate of drug-likeness (QED) is 0.460. The highest BCUT2D eigenvalue weighted by Crippen LogP contribution is 2.18. The summed E-state index contributed by atoms with van der Waals surface area (Å²) in [6.45, 7) is 16.6. The van der Waals surface area contributed by atoms with Gasteiger partial charge in [0.15, 0.2) is 0 Å². The van der Waals surface area contributed by atoms with Crippen LogP contribution in [-0.2, 0) is 0 Å². The molecular formula is C15H35N3S3Si. The molecule has 0 aromatic rings. The average Bonchev–Trinajstić information content (AvgIpc) is 2.51. The fourth-order valence-electron chi connectivity index (χ4n) is 3.20. The number of hydrogen-bond acceptors (Lipinski definition) is 6. The summed E-state index contributed by atoms with van der Waals surface area (Å²) in [5.74, 6) is 2.83. The lowest BCUT2D eigenvalue weighted by Gasteiger charge is -2.41. The molecule has 1 aliphatic heterocycles. The van der Waals surface area contributed by atoms with E-state index in [1.165, 1.54) is 6.54 Å². The fourth-order valence-corrected chi connectivity index (χ4v) is 6.18. The van der Waals surface area contributed by atoms with E-state index < -0.39 is 8.07 Å². The first-order valence-corrected chi connectivity index (χ1v) is 13.9. The molecule has 1 atom stereocenters. The zero-order chi connectivity index (χ0) is 16.6. The van der Waals surface area contributed by atoms with Gasteiger partial charge in [-0.25, -0.2) is 0 Å². The molecule has 0 amide bonds. The van der Waals surface area contributed by atoms with Crippen LogP contribution in [0.1, 0.15) is 0 Å². The fraction of sp³-hybridized carbons (Fsp3) is 1.00. The third-order valence-corrected chi connectivity index (χ3v) is 7.67. The standard InChI is InChI=1S/C15H35N3S3Si/c1-22(2,3)15-14-17(9-12-20)5-4-16(8-11-19)6-7-18(15)10-13-21/h15,19-21H,4-14H2,1-3H3. The predicted molar refractivity (Wildman–Crippen MR) is 113 cm³/mol. The molecule has 1 heterocycles. The van der Waals surface area contributed by atoms with E-state index in [9.17, 15) is 0 Å². The monoisotopic (exact) mass is 381 g/mol. The van der Waals surface area contributed by atoms with Crippen molar-refractivity contribution < 1.29 is 0 Å². The van der Waals surface area contributed by atoms with Crippen molar-refractivity contribution in [1.82, 2.24) is 14.7 Å². The summed E-state index contributed by atoms with van der Waals surface area (Å²) in [5.41, 5.74) is 0.704. The average molecular weight is 382 g/mol. The molecule has 1 fully saturated rings. The molecule has 132 valence electrons. The Labute approximate surface area is 155 Å². The zero-order valence-corrected chi connectivity index (χ0v) is 18.2. The highest BCUT2D eigenvalue weighted by atomic mass is 32.1. The molecule has 1 saturated heterocycles. The van der Waals surface area contributed by atoms with Crippen LogP contribution in [-0.4, -0.2) is 98.1 Å². The second-order valence-corrected chi connectivity index (χ2v) is 14.0. The summed E-state index contributed by atoms with van der Waals surface area (Å²) < 4.78 is 0. The van der Waals surface area contributed by atoms with Gasteiger partial charge in [0.05, 0.1) is 8.07 Å². The van der Waals surface area contributed by atoms with Crippen LogP contribution in [0.2, 0.25) is 19.6 Å². The van der Waals surface area contributed by atoms with Crippen molar-refractivity contribution in [3.8, 4) is 0 Å². The van der Waals surface area contributed by atoms with Gasteiger partial charge >= 0.3 is 0 Å². The largest absolute Gasteiger partial charge is 0.300 e. The third-order valence-electron chi connectivity index (χ3n) is 4.53. The van der Waals surface area contributed by atoms with E-state index in [2.05, 4.69) is 72.2 Å². The van der Waals surface area contributed by atoms with Crippen molar-refractivity contribution in [2.24, 2.45) is 0 Å². The summed E-state index contributed by atoms with van der Waals surface area (Å²) >= 11 is 13.4. The summed E-state index contributed by atoms with van der Waals surface area (Å²) in [6.07, 6.45) is 0. The maximum absolute atomic E-state index is 4.51. The van der Waals surface area contributed by atoms with E-state index in [0.29, 0.717) is 5.67 Å². The van der Waals surface area contributed by atoms with E-state index in [0.717, 1.165) is 63.1 Å². The Balaban J connectivity index is 2.91. The molecule has 22 heavy (non-hydrogen) atoms. The first kappa shape index (κ1) is 21.2. The van der Waals surface area contributed by atoms with Crippen molar-refractivity contribution in [2.75, 3.05) is 69.6 Å². The minimum atomic E-state index is -1.25. The molecule has 0 radical (unpaired) electrons. The van der Waals surface area contributed by atoms with Crippen LogP contribution >= 0.6 is 37.9 Å². The van der Waals surface area contributed by atoms with E-state index in [4.69, 9.17) is 0 Å². The Morgan fingerprint density at radius 2 is 1.27 bits per heavy atom. The molecule has 1 unspecified atom stereocenters. The number of thiol groups is 3. The smallest absolute Gasteiger partial charge is 0.0655 e. The minimum absolute atomic E-state index is 0.704. The predicted octanol–water partition coefficient (Wildman–Crippen LogP) is 1.94. The molecule has 0 aromatic carbocycles. The normalized spacial score (nSPS) is 24.0. The minimum Gasteiger partial charge on any atom is -0.300 e. The van der Waals surface area contributed by atoms with Crippen molar-refractivity contribution >= 4 is 46.0 Å². The molecule has 0 saturated carbocycles. The molecule has 0 aromatic heterocycles. The molecule has 7 heteroatoms. The third kappa shape index (κ3) is 7.36. The molecule has 0 N–H and O–H groups in total. The number of rotatable bonds is 7. The zero-order valence-electron chi connectivity index (χ0n) is 14.5. The highest BCUT2D eigenvalue weighted by molar-refractivity contribution is 7.80. The summed E-state index contributed by atoms with van der Waals surface area (Å²) in [4.78, 5) is 7.90. The topological polar surface area (TPSA) is 9.72 Å². The lowest BCUT2D eigenvalue weighted by atomic mass is 10.4. The maximum Gasteiger partial charge on any atom is 0.0655 e. The SMILES string of the molecule is C[Si](C)(C)C1CN(CCS)CCN(CCS)CCN1CCS. The first-order valence-electron chi connectivity index (χ1n) is 8.43. The Kier molecular flexibility index (Phi) is 10.5. The van der Waals surface area contributed by atoms with E-state index >= 15 is 0 Å². The van der Waals surface area contributed by atoms with Crippen molar-refractivity contribution in [3.63, 3.8) is 0 Å². The summed E-state index contributed by atoms with van der Waals surface area (Å²) in [6, 6.07) is 0. The van der Waals surface area contributed by atoms with Crippen LogP contribution in [0.5, 0.6) is 0 Å². The molecule has 3 nitrogen and oxygen atoms in total. The van der Waals surface area contributed by atoms with E-state index in [-0.39, 0.29) is 0 Å². The van der Waals surface area contributed by atoms with Crippen LogP contribution in [0.3, 0.4) is 0 Å². The van der Waals surface area contributed by atoms with Gasteiger partial charge in [0.1, 0.15) is 0 Å². The molecule has 0 aliphatic carbocycles. The first-order chi connectivity index (χ1) is 10.4. The van der Waals surface area contributed by atoms with Crippen LogP contribution in [0.15, 0.2) is 0 Å². The molecular weight excluding hydrogens is 346 g/mol. The van der Waals surface area contributed by atoms with Crippen molar-refractivity contribution in [3.05, 3.63) is 0 Å². The maximum atomic E-state index is 4.51. The van der Waals surface area contributed by atoms with Crippen molar-refractivity contribution in [1.29, 1.82) is 0 Å². The van der Waals surface area contributed by atoms with Gasteiger partial charge in [-0.05, 0) is 0 Å². The molecule has 1 aliphatic rings. The van der Waals surface area contributed by atoms with Gasteiger partial charge in [0.2, 0.25) is 0 Å². The van der Waals surface area contributed by atoms with Gasteiger partial charge in [-0.15, -0.1) is 0 Å². The Hall–Kier alpha value is 1.15. The lowest BCUT2D eigenvalue weighted by Crippen LogP contribution is -2.57. The second kappa shape index (κ2) is 10.9. The van der Waals surface area contributed by atoms with E-state index in [1.807, 2.05) is 0 Å². The van der Waals surface area contributed by atoms with Crippen LogP contribution in [0.4, 0.5) is 0 Å². The van der Waals surface area contributed by atoms with Crippen molar-refractivity contribution in [2.45, 2.75) is 25.3 Å². The van der Waals surface area contributed by atoms with Crippen LogP contribution < -0.4 is 0 Å². The lowest BCUT2D eigenvalue weighted by molar-refractivity contribution is 0.202. The summed E-state index contributed by atoms with van der Waals surface area (Å²) in [5, 5.41) is 0. The Morgan fingerprint density at radius 1 is 0.773 bits per heavy atom. The van der Waals surface area contributed by atoms with Crippen LogP contribution in [0, 0.1) is 0 Å². The van der Waals surface area contributed by atoms with Gasteiger partial charge in [-0.1, -0.05) is 19.6 Å². The molecule has 0 spiro atoms. The van der Waals surface area contributed by atoms with Gasteiger partial charge < -0.3 is 4.90 Å². The molecule has 1 rings (SSSR count). The van der Waals surface area contributed by atoms with Gasteiger partial charge in [-0.3, -0.25) is 9.80 Å². The summed E-state index contributed by atoms with van der Waals surface area (Å²) in [7, 11) is -1.25. The Bertz CT molecular complexity index is 302. The Morgan fingerprint density at radius 3 is 1.82 bits per heavy atom. The van der Waals surface area contributed by atoms with E-state index in [1.54, 1.807) is 0 Å². The molecule has 0 bridgehead atoms. The number of nitrogens with zero attached hydrogens (tertiary/aromatic N) is 3.